The number of alkyl halides is 4. The molecule has 0 aromatic carbocycles. The third-order valence-electron chi connectivity index (χ3n) is 3.08. The molecule has 0 N–H and O–H groups in total. The van der Waals surface area contributed by atoms with Crippen molar-refractivity contribution in [2.75, 3.05) is 18.0 Å². The van der Waals surface area contributed by atoms with E-state index in [2.05, 4.69) is 9.97 Å². The van der Waals surface area contributed by atoms with E-state index in [0.29, 0.717) is 19.0 Å². The molecule has 0 aliphatic carbocycles. The van der Waals surface area contributed by atoms with Crippen LogP contribution in [0, 0.1) is 5.92 Å². The van der Waals surface area contributed by atoms with Crippen molar-refractivity contribution in [3.8, 4) is 0 Å². The lowest BCUT2D eigenvalue weighted by molar-refractivity contribution is -0.141. The van der Waals surface area contributed by atoms with Crippen LogP contribution in [0.5, 0.6) is 0 Å². The van der Waals surface area contributed by atoms with Crippen molar-refractivity contribution in [2.24, 2.45) is 5.92 Å². The van der Waals surface area contributed by atoms with Crippen LogP contribution in [-0.4, -0.2) is 28.4 Å². The fourth-order valence-electron chi connectivity index (χ4n) is 1.86. The Labute approximate surface area is 108 Å². The Kier molecular flexibility index (Phi) is 3.66. The molecular weight excluding hydrogens is 267 g/mol. The van der Waals surface area contributed by atoms with Gasteiger partial charge in [0, 0.05) is 19.3 Å². The summed E-state index contributed by atoms with van der Waals surface area (Å²) >= 11 is 6.12. The molecule has 0 saturated carbocycles. The van der Waals surface area contributed by atoms with Crippen molar-refractivity contribution in [3.05, 3.63) is 18.0 Å². The van der Waals surface area contributed by atoms with Crippen molar-refractivity contribution in [1.82, 2.24) is 9.97 Å². The molecule has 3 nitrogen and oxygen atoms in total. The van der Waals surface area contributed by atoms with Gasteiger partial charge in [-0.15, -0.1) is 11.6 Å². The molecule has 2 unspecified atom stereocenters. The molecule has 0 amide bonds. The summed E-state index contributed by atoms with van der Waals surface area (Å²) in [6.45, 7) is 3.14. The predicted molar refractivity (Wildman–Crippen MR) is 62.7 cm³/mol. The Morgan fingerprint density at radius 2 is 2.17 bits per heavy atom. The number of rotatable bonds is 1. The van der Waals surface area contributed by atoms with Gasteiger partial charge in [-0.25, -0.2) is 9.97 Å². The SMILES string of the molecule is CC1CCN(c2nccc(C(F)(F)F)n2)CC1Cl. The first kappa shape index (κ1) is 13.4. The smallest absolute Gasteiger partial charge is 0.339 e. The number of anilines is 1. The van der Waals surface area contributed by atoms with Crippen LogP contribution in [0.15, 0.2) is 12.3 Å². The standard InChI is InChI=1S/C11H13ClF3N3/c1-7-3-5-18(6-8(7)12)10-16-4-2-9(17-10)11(13,14)15/h2,4,7-8H,3,5-6H2,1H3. The molecule has 100 valence electrons. The summed E-state index contributed by atoms with van der Waals surface area (Å²) in [5, 5.41) is -0.0862. The summed E-state index contributed by atoms with van der Waals surface area (Å²) in [5.74, 6) is 0.455. The predicted octanol–water partition coefficient (Wildman–Crippen LogP) is 2.95. The van der Waals surface area contributed by atoms with Gasteiger partial charge in [0.25, 0.3) is 0 Å². The Bertz CT molecular complexity index is 424. The molecule has 7 heteroatoms. The van der Waals surface area contributed by atoms with Gasteiger partial charge < -0.3 is 4.90 Å². The second-order valence-electron chi connectivity index (χ2n) is 4.47. The molecule has 2 heterocycles. The maximum absolute atomic E-state index is 12.5. The minimum Gasteiger partial charge on any atom is -0.339 e. The van der Waals surface area contributed by atoms with Crippen LogP contribution in [0.1, 0.15) is 19.0 Å². The van der Waals surface area contributed by atoms with Gasteiger partial charge >= 0.3 is 6.18 Å². The molecule has 1 fully saturated rings. The van der Waals surface area contributed by atoms with Gasteiger partial charge in [-0.05, 0) is 18.4 Å². The third-order valence-corrected chi connectivity index (χ3v) is 3.65. The van der Waals surface area contributed by atoms with Crippen molar-refractivity contribution in [3.63, 3.8) is 0 Å². The van der Waals surface area contributed by atoms with E-state index >= 15 is 0 Å². The van der Waals surface area contributed by atoms with E-state index in [1.54, 1.807) is 4.90 Å². The first-order valence-corrected chi connectivity index (χ1v) is 6.11. The number of piperidine rings is 1. The Hall–Kier alpha value is -1.04. The largest absolute Gasteiger partial charge is 0.433 e. The van der Waals surface area contributed by atoms with Crippen LogP contribution in [0.4, 0.5) is 19.1 Å². The van der Waals surface area contributed by atoms with Gasteiger partial charge in [-0.3, -0.25) is 0 Å². The quantitative estimate of drug-likeness (QED) is 0.740. The second-order valence-corrected chi connectivity index (χ2v) is 5.03. The first-order valence-electron chi connectivity index (χ1n) is 5.67. The zero-order chi connectivity index (χ0) is 13.3. The van der Waals surface area contributed by atoms with Gasteiger partial charge in [0.15, 0.2) is 0 Å². The average Bonchev–Trinajstić information content (AvgIpc) is 2.32. The number of halogens is 4. The van der Waals surface area contributed by atoms with Gasteiger partial charge in [0.1, 0.15) is 5.69 Å². The highest BCUT2D eigenvalue weighted by Gasteiger charge is 2.34. The molecule has 2 rings (SSSR count). The topological polar surface area (TPSA) is 29.0 Å². The van der Waals surface area contributed by atoms with Crippen LogP contribution >= 0.6 is 11.6 Å². The van der Waals surface area contributed by atoms with Crippen LogP contribution in [0.3, 0.4) is 0 Å². The third kappa shape index (κ3) is 2.85. The first-order chi connectivity index (χ1) is 8.38. The zero-order valence-corrected chi connectivity index (χ0v) is 10.5. The van der Waals surface area contributed by atoms with Gasteiger partial charge in [0.05, 0.1) is 5.38 Å². The van der Waals surface area contributed by atoms with Gasteiger partial charge in [-0.1, -0.05) is 6.92 Å². The monoisotopic (exact) mass is 279 g/mol. The highest BCUT2D eigenvalue weighted by molar-refractivity contribution is 6.21. The maximum atomic E-state index is 12.5. The molecule has 1 saturated heterocycles. The molecular formula is C11H13ClF3N3. The molecule has 0 radical (unpaired) electrons. The summed E-state index contributed by atoms with van der Waals surface area (Å²) in [7, 11) is 0. The van der Waals surface area contributed by atoms with Crippen molar-refractivity contribution < 1.29 is 13.2 Å². The summed E-state index contributed by atoms with van der Waals surface area (Å²) < 4.78 is 37.6. The molecule has 1 aromatic heterocycles. The van der Waals surface area contributed by atoms with Crippen LogP contribution in [0.2, 0.25) is 0 Å². The molecule has 2 atom stereocenters. The Balaban J connectivity index is 2.19. The minimum absolute atomic E-state index is 0.0862. The van der Waals surface area contributed by atoms with E-state index < -0.39 is 11.9 Å². The van der Waals surface area contributed by atoms with E-state index in [1.165, 1.54) is 0 Å². The van der Waals surface area contributed by atoms with Crippen LogP contribution in [0.25, 0.3) is 0 Å². The van der Waals surface area contributed by atoms with Gasteiger partial charge in [0.2, 0.25) is 5.95 Å². The second kappa shape index (κ2) is 4.91. The highest BCUT2D eigenvalue weighted by Crippen LogP contribution is 2.29. The van der Waals surface area contributed by atoms with E-state index in [-0.39, 0.29) is 11.3 Å². The zero-order valence-electron chi connectivity index (χ0n) is 9.78. The van der Waals surface area contributed by atoms with Crippen LogP contribution < -0.4 is 4.90 Å². The molecule has 1 aromatic rings. The molecule has 1 aliphatic heterocycles. The van der Waals surface area contributed by atoms with Crippen molar-refractivity contribution in [1.29, 1.82) is 0 Å². The molecule has 18 heavy (non-hydrogen) atoms. The minimum atomic E-state index is -4.44. The lowest BCUT2D eigenvalue weighted by Gasteiger charge is -2.34. The number of hydrogen-bond acceptors (Lipinski definition) is 3. The summed E-state index contributed by atoms with van der Waals surface area (Å²) in [6.07, 6.45) is -2.48. The average molecular weight is 280 g/mol. The lowest BCUT2D eigenvalue weighted by atomic mass is 9.99. The van der Waals surface area contributed by atoms with E-state index in [1.807, 2.05) is 6.92 Å². The fourth-order valence-corrected chi connectivity index (χ4v) is 2.15. The summed E-state index contributed by atoms with van der Waals surface area (Å²) in [6, 6.07) is 0.869. The molecule has 0 bridgehead atoms. The molecule has 0 spiro atoms. The highest BCUT2D eigenvalue weighted by atomic mass is 35.5. The van der Waals surface area contributed by atoms with Crippen molar-refractivity contribution >= 4 is 17.5 Å². The lowest BCUT2D eigenvalue weighted by Crippen LogP contribution is -2.41. The maximum Gasteiger partial charge on any atom is 0.433 e. The normalized spacial score (nSPS) is 25.3. The number of aromatic nitrogens is 2. The van der Waals surface area contributed by atoms with Crippen LogP contribution in [-0.2, 0) is 6.18 Å². The van der Waals surface area contributed by atoms with E-state index in [4.69, 9.17) is 11.6 Å². The van der Waals surface area contributed by atoms with Gasteiger partial charge in [-0.2, -0.15) is 13.2 Å². The summed E-state index contributed by atoms with van der Waals surface area (Å²) in [4.78, 5) is 9.15. The van der Waals surface area contributed by atoms with E-state index in [9.17, 15) is 13.2 Å². The number of hydrogen-bond donors (Lipinski definition) is 0. The van der Waals surface area contributed by atoms with Crippen molar-refractivity contribution in [2.45, 2.75) is 24.9 Å². The number of nitrogens with zero attached hydrogens (tertiary/aromatic N) is 3. The molecule has 1 aliphatic rings. The fraction of sp³-hybridized carbons (Fsp3) is 0.636. The van der Waals surface area contributed by atoms with E-state index in [0.717, 1.165) is 18.7 Å². The Morgan fingerprint density at radius 1 is 1.44 bits per heavy atom. The summed E-state index contributed by atoms with van der Waals surface area (Å²) in [5.41, 5.74) is -0.919. The Morgan fingerprint density at radius 3 is 2.78 bits per heavy atom.